The first-order valence-corrected chi connectivity index (χ1v) is 5.28. The van der Waals surface area contributed by atoms with Crippen LogP contribution in [0.5, 0.6) is 0 Å². The lowest BCUT2D eigenvalue weighted by Crippen LogP contribution is -2.28. The van der Waals surface area contributed by atoms with E-state index >= 15 is 0 Å². The van der Waals surface area contributed by atoms with E-state index < -0.39 is 4.92 Å². The topological polar surface area (TPSA) is 110 Å². The maximum Gasteiger partial charge on any atom is 0.319 e. The monoisotopic (exact) mass is 250 g/mol. The average molecular weight is 250 g/mol. The van der Waals surface area contributed by atoms with Gasteiger partial charge >= 0.3 is 6.03 Å². The Morgan fingerprint density at radius 1 is 1.33 bits per heavy atom. The number of benzene rings is 1. The number of hydrogen-bond acceptors (Lipinski definition) is 4. The molecule has 0 atom stereocenters. The molecule has 2 amide bonds. The highest BCUT2D eigenvalue weighted by atomic mass is 16.6. The van der Waals surface area contributed by atoms with Crippen molar-refractivity contribution < 1.29 is 9.72 Å². The van der Waals surface area contributed by atoms with Crippen LogP contribution in [0.3, 0.4) is 0 Å². The number of nitro groups is 1. The van der Waals surface area contributed by atoms with Crippen molar-refractivity contribution in [1.82, 2.24) is 5.32 Å². The zero-order valence-corrected chi connectivity index (χ0v) is 9.63. The van der Waals surface area contributed by atoms with Crippen LogP contribution in [0.2, 0.25) is 0 Å². The normalized spacial score (nSPS) is 10.3. The third kappa shape index (κ3) is 4.62. The number of amides is 2. The summed E-state index contributed by atoms with van der Waals surface area (Å²) in [5.41, 5.74) is 5.70. The Hall–Kier alpha value is -2.41. The smallest absolute Gasteiger partial charge is 0.319 e. The average Bonchev–Trinajstić information content (AvgIpc) is 2.35. The summed E-state index contributed by atoms with van der Waals surface area (Å²) in [7, 11) is 0. The van der Waals surface area contributed by atoms with Gasteiger partial charge in [-0.25, -0.2) is 4.79 Å². The van der Waals surface area contributed by atoms with E-state index in [2.05, 4.69) is 10.6 Å². The summed E-state index contributed by atoms with van der Waals surface area (Å²) in [5, 5.41) is 15.5. The van der Waals surface area contributed by atoms with Crippen LogP contribution in [0.1, 0.15) is 0 Å². The molecule has 0 saturated carbocycles. The molecule has 0 fully saturated rings. The summed E-state index contributed by atoms with van der Waals surface area (Å²) in [5.74, 6) is 0. The molecular weight excluding hydrogens is 236 g/mol. The zero-order chi connectivity index (χ0) is 13.4. The molecule has 0 radical (unpaired) electrons. The highest BCUT2D eigenvalue weighted by Crippen LogP contribution is 2.14. The van der Waals surface area contributed by atoms with E-state index in [1.807, 2.05) is 0 Å². The molecule has 0 unspecified atom stereocenters. The number of carbonyl (C=O) groups excluding carboxylic acids is 1. The van der Waals surface area contributed by atoms with Crippen molar-refractivity contribution in [3.8, 4) is 0 Å². The van der Waals surface area contributed by atoms with Gasteiger partial charge in [-0.2, -0.15) is 0 Å². The molecule has 0 bridgehead atoms. The van der Waals surface area contributed by atoms with Crippen molar-refractivity contribution in [2.75, 3.05) is 18.4 Å². The highest BCUT2D eigenvalue weighted by molar-refractivity contribution is 5.89. The second-order valence-electron chi connectivity index (χ2n) is 3.35. The highest BCUT2D eigenvalue weighted by Gasteiger charge is 2.05. The summed E-state index contributed by atoms with van der Waals surface area (Å²) in [6.45, 7) is 0.793. The molecule has 7 heteroatoms. The number of rotatable bonds is 5. The largest absolute Gasteiger partial charge is 0.334 e. The fraction of sp³-hybridized carbons (Fsp3) is 0.182. The van der Waals surface area contributed by atoms with Gasteiger partial charge < -0.3 is 16.4 Å². The van der Waals surface area contributed by atoms with Gasteiger partial charge in [-0.15, -0.1) is 0 Å². The fourth-order valence-corrected chi connectivity index (χ4v) is 1.17. The van der Waals surface area contributed by atoms with Crippen LogP contribution < -0.4 is 16.4 Å². The number of hydrogen-bond donors (Lipinski definition) is 3. The van der Waals surface area contributed by atoms with E-state index in [9.17, 15) is 14.9 Å². The zero-order valence-electron chi connectivity index (χ0n) is 9.63. The van der Waals surface area contributed by atoms with Crippen LogP contribution in [0.25, 0.3) is 0 Å². The van der Waals surface area contributed by atoms with Crippen molar-refractivity contribution >= 4 is 17.4 Å². The summed E-state index contributed by atoms with van der Waals surface area (Å²) in [4.78, 5) is 21.3. The van der Waals surface area contributed by atoms with Crippen LogP contribution in [0.15, 0.2) is 36.4 Å². The first-order valence-electron chi connectivity index (χ1n) is 5.28. The van der Waals surface area contributed by atoms with Gasteiger partial charge in [-0.3, -0.25) is 10.1 Å². The molecule has 1 aromatic carbocycles. The minimum absolute atomic E-state index is 0.0214. The van der Waals surface area contributed by atoms with Gasteiger partial charge in [0.25, 0.3) is 5.69 Å². The van der Waals surface area contributed by atoms with E-state index in [4.69, 9.17) is 5.73 Å². The molecule has 0 saturated heterocycles. The van der Waals surface area contributed by atoms with Gasteiger partial charge in [-0.1, -0.05) is 12.2 Å². The van der Waals surface area contributed by atoms with Gasteiger partial charge in [-0.05, 0) is 12.1 Å². The second-order valence-corrected chi connectivity index (χ2v) is 3.35. The quantitative estimate of drug-likeness (QED) is 0.414. The Balaban J connectivity index is 2.44. The first kappa shape index (κ1) is 13.7. The number of nitrogens with one attached hydrogen (secondary N) is 2. The molecule has 4 N–H and O–H groups in total. The molecule has 1 aromatic rings. The molecule has 0 aliphatic carbocycles. The standard InChI is InChI=1S/C11H14N4O3/c12-7-1-2-8-13-11(16)14-9-3-5-10(6-4-9)15(17)18/h1-6H,7-8,12H2,(H2,13,14,16)/b2-1+. The van der Waals surface area contributed by atoms with Gasteiger partial charge in [0.05, 0.1) is 4.92 Å². The van der Waals surface area contributed by atoms with Gasteiger partial charge in [0, 0.05) is 30.9 Å². The minimum atomic E-state index is -0.499. The Morgan fingerprint density at radius 2 is 2.00 bits per heavy atom. The Labute approximate surface area is 104 Å². The van der Waals surface area contributed by atoms with E-state index in [0.29, 0.717) is 18.8 Å². The fourth-order valence-electron chi connectivity index (χ4n) is 1.17. The van der Waals surface area contributed by atoms with E-state index in [0.717, 1.165) is 0 Å². The molecule has 7 nitrogen and oxygen atoms in total. The second kappa shape index (κ2) is 7.02. The van der Waals surface area contributed by atoms with E-state index in [1.54, 1.807) is 12.2 Å². The van der Waals surface area contributed by atoms with E-state index in [1.165, 1.54) is 24.3 Å². The molecule has 0 aliphatic rings. The first-order chi connectivity index (χ1) is 8.63. The summed E-state index contributed by atoms with van der Waals surface area (Å²) >= 11 is 0. The van der Waals surface area contributed by atoms with Crippen LogP contribution in [0.4, 0.5) is 16.2 Å². The predicted octanol–water partition coefficient (Wildman–Crippen LogP) is 1.23. The number of nitro benzene ring substituents is 1. The van der Waals surface area contributed by atoms with Crippen molar-refractivity contribution in [2.45, 2.75) is 0 Å². The molecule has 0 aromatic heterocycles. The van der Waals surface area contributed by atoms with Crippen LogP contribution in [0, 0.1) is 10.1 Å². The Bertz CT molecular complexity index is 442. The predicted molar refractivity (Wildman–Crippen MR) is 68.3 cm³/mol. The van der Waals surface area contributed by atoms with Gasteiger partial charge in [0.1, 0.15) is 0 Å². The maximum atomic E-state index is 11.4. The maximum absolute atomic E-state index is 11.4. The molecule has 96 valence electrons. The molecular formula is C11H14N4O3. The van der Waals surface area contributed by atoms with Crippen molar-refractivity contribution in [3.05, 3.63) is 46.5 Å². The Morgan fingerprint density at radius 3 is 2.56 bits per heavy atom. The van der Waals surface area contributed by atoms with E-state index in [-0.39, 0.29) is 11.7 Å². The minimum Gasteiger partial charge on any atom is -0.334 e. The lowest BCUT2D eigenvalue weighted by atomic mass is 10.3. The lowest BCUT2D eigenvalue weighted by molar-refractivity contribution is -0.384. The third-order valence-corrected chi connectivity index (χ3v) is 2.02. The molecule has 1 rings (SSSR count). The third-order valence-electron chi connectivity index (χ3n) is 2.02. The van der Waals surface area contributed by atoms with Crippen molar-refractivity contribution in [2.24, 2.45) is 5.73 Å². The van der Waals surface area contributed by atoms with Gasteiger partial charge in [0.15, 0.2) is 0 Å². The number of non-ortho nitro benzene ring substituents is 1. The summed E-state index contributed by atoms with van der Waals surface area (Å²) in [6, 6.07) is 5.19. The summed E-state index contributed by atoms with van der Waals surface area (Å²) in [6.07, 6.45) is 3.46. The number of carbonyl (C=O) groups is 1. The molecule has 0 heterocycles. The Kier molecular flexibility index (Phi) is 5.33. The number of nitrogens with zero attached hydrogens (tertiary/aromatic N) is 1. The van der Waals surface area contributed by atoms with Crippen molar-refractivity contribution in [3.63, 3.8) is 0 Å². The van der Waals surface area contributed by atoms with Crippen LogP contribution in [-0.2, 0) is 0 Å². The number of nitrogens with two attached hydrogens (primary N) is 1. The van der Waals surface area contributed by atoms with Crippen LogP contribution >= 0.6 is 0 Å². The number of anilines is 1. The SMILES string of the molecule is NC/C=C/CNC(=O)Nc1ccc([N+](=O)[O-])cc1. The lowest BCUT2D eigenvalue weighted by Gasteiger charge is -2.05. The molecule has 0 spiro atoms. The van der Waals surface area contributed by atoms with Gasteiger partial charge in [0.2, 0.25) is 0 Å². The molecule has 18 heavy (non-hydrogen) atoms. The molecule has 0 aliphatic heterocycles. The van der Waals surface area contributed by atoms with Crippen LogP contribution in [-0.4, -0.2) is 24.0 Å². The number of urea groups is 1. The summed E-state index contributed by atoms with van der Waals surface area (Å²) < 4.78 is 0. The van der Waals surface area contributed by atoms with Crippen molar-refractivity contribution in [1.29, 1.82) is 0 Å².